The van der Waals surface area contributed by atoms with Gasteiger partial charge in [0.05, 0.1) is 6.10 Å². The summed E-state index contributed by atoms with van der Waals surface area (Å²) in [5.74, 6) is 1.76. The minimum absolute atomic E-state index is 0.234. The number of anilines is 2. The number of rotatable bonds is 3. The second kappa shape index (κ2) is 7.09. The number of β-amino-alcohol motifs (C(OH)–C–C–N with tert-alkyl or cyclic N) is 1. The third-order valence-corrected chi connectivity index (χ3v) is 6.26. The van der Waals surface area contributed by atoms with E-state index in [1.807, 2.05) is 12.3 Å². The van der Waals surface area contributed by atoms with Crippen molar-refractivity contribution >= 4 is 11.8 Å². The summed E-state index contributed by atoms with van der Waals surface area (Å²) in [6, 6.07) is 11.5. The highest BCUT2D eigenvalue weighted by molar-refractivity contribution is 5.45. The van der Waals surface area contributed by atoms with E-state index in [9.17, 15) is 5.11 Å². The quantitative estimate of drug-likeness (QED) is 0.886. The normalized spacial score (nSPS) is 23.8. The number of hydrogen-bond acceptors (Lipinski definition) is 6. The predicted octanol–water partition coefficient (Wildman–Crippen LogP) is 1.34. The van der Waals surface area contributed by atoms with Gasteiger partial charge in [-0.05, 0) is 36.5 Å². The second-order valence-electron chi connectivity index (χ2n) is 7.96. The Morgan fingerprint density at radius 3 is 2.30 bits per heavy atom. The molecule has 2 fully saturated rings. The maximum atomic E-state index is 9.78. The van der Waals surface area contributed by atoms with Crippen LogP contribution >= 0.6 is 0 Å². The van der Waals surface area contributed by atoms with Crippen LogP contribution in [0, 0.1) is 0 Å². The Morgan fingerprint density at radius 1 is 0.889 bits per heavy atom. The molecule has 2 aromatic rings. The maximum absolute atomic E-state index is 9.78. The molecular formula is C21H27N5O. The summed E-state index contributed by atoms with van der Waals surface area (Å²) < 4.78 is 0. The number of piperazine rings is 1. The highest BCUT2D eigenvalue weighted by Gasteiger charge is 2.30. The lowest BCUT2D eigenvalue weighted by Crippen LogP contribution is -2.51. The zero-order valence-corrected chi connectivity index (χ0v) is 15.7. The lowest BCUT2D eigenvalue weighted by Gasteiger charge is -2.38. The molecule has 1 aromatic heterocycles. The summed E-state index contributed by atoms with van der Waals surface area (Å²) in [6.45, 7) is 5.61. The molecule has 6 heteroatoms. The largest absolute Gasteiger partial charge is 0.391 e. The van der Waals surface area contributed by atoms with Gasteiger partial charge in [0, 0.05) is 51.5 Å². The Labute approximate surface area is 160 Å². The lowest BCUT2D eigenvalue weighted by atomic mass is 10.1. The molecule has 2 aliphatic heterocycles. The van der Waals surface area contributed by atoms with E-state index in [0.29, 0.717) is 12.6 Å². The molecule has 5 rings (SSSR count). The van der Waals surface area contributed by atoms with Gasteiger partial charge < -0.3 is 14.9 Å². The molecule has 0 bridgehead atoms. The average molecular weight is 365 g/mol. The van der Waals surface area contributed by atoms with Crippen LogP contribution in [0.15, 0.2) is 36.5 Å². The minimum Gasteiger partial charge on any atom is -0.391 e. The van der Waals surface area contributed by atoms with Crippen LogP contribution in [0.1, 0.15) is 17.5 Å². The van der Waals surface area contributed by atoms with Crippen LogP contribution in [0.25, 0.3) is 0 Å². The van der Waals surface area contributed by atoms with Gasteiger partial charge in [0.15, 0.2) is 0 Å². The SMILES string of the molecule is O[C@@H]1CCN(c2ccnc(N3CCN(C4Cc5ccccc5C4)CC3)n2)C1. The Bertz CT molecular complexity index is 780. The first-order valence-corrected chi connectivity index (χ1v) is 10.1. The lowest BCUT2D eigenvalue weighted by molar-refractivity contribution is 0.189. The van der Waals surface area contributed by atoms with Crippen LogP contribution < -0.4 is 9.80 Å². The van der Waals surface area contributed by atoms with Crippen molar-refractivity contribution in [2.75, 3.05) is 49.1 Å². The number of aliphatic hydroxyl groups excluding tert-OH is 1. The number of aliphatic hydroxyl groups is 1. The molecule has 3 aliphatic rings. The summed E-state index contributed by atoms with van der Waals surface area (Å²) in [6.07, 6.45) is 4.80. The van der Waals surface area contributed by atoms with Crippen LogP contribution in [-0.4, -0.2) is 71.4 Å². The van der Waals surface area contributed by atoms with Gasteiger partial charge in [-0.3, -0.25) is 4.90 Å². The average Bonchev–Trinajstić information content (AvgIpc) is 3.34. The van der Waals surface area contributed by atoms with E-state index in [1.165, 1.54) is 24.0 Å². The first kappa shape index (κ1) is 17.0. The van der Waals surface area contributed by atoms with Crippen LogP contribution in [0.3, 0.4) is 0 Å². The van der Waals surface area contributed by atoms with Crippen molar-refractivity contribution in [2.24, 2.45) is 0 Å². The monoisotopic (exact) mass is 365 g/mol. The highest BCUT2D eigenvalue weighted by Crippen LogP contribution is 2.27. The molecule has 2 saturated heterocycles. The molecule has 27 heavy (non-hydrogen) atoms. The maximum Gasteiger partial charge on any atom is 0.227 e. The third-order valence-electron chi connectivity index (χ3n) is 6.26. The number of benzene rings is 1. The molecule has 0 unspecified atom stereocenters. The molecule has 6 nitrogen and oxygen atoms in total. The molecule has 0 saturated carbocycles. The minimum atomic E-state index is -0.234. The zero-order chi connectivity index (χ0) is 18.2. The van der Waals surface area contributed by atoms with E-state index in [1.54, 1.807) is 0 Å². The van der Waals surface area contributed by atoms with Crippen molar-refractivity contribution < 1.29 is 5.11 Å². The Kier molecular flexibility index (Phi) is 4.45. The molecule has 0 radical (unpaired) electrons. The van der Waals surface area contributed by atoms with Crippen LogP contribution in [0.4, 0.5) is 11.8 Å². The number of nitrogens with zero attached hydrogens (tertiary/aromatic N) is 5. The van der Waals surface area contributed by atoms with Gasteiger partial charge in [0.25, 0.3) is 0 Å². The van der Waals surface area contributed by atoms with Crippen molar-refractivity contribution in [1.29, 1.82) is 0 Å². The summed E-state index contributed by atoms with van der Waals surface area (Å²) in [4.78, 5) is 16.4. The Morgan fingerprint density at radius 2 is 1.63 bits per heavy atom. The fourth-order valence-corrected chi connectivity index (χ4v) is 4.70. The van der Waals surface area contributed by atoms with E-state index in [-0.39, 0.29) is 6.10 Å². The summed E-state index contributed by atoms with van der Waals surface area (Å²) in [5.41, 5.74) is 3.04. The van der Waals surface area contributed by atoms with E-state index in [0.717, 1.165) is 50.9 Å². The van der Waals surface area contributed by atoms with Crippen LogP contribution in [0.5, 0.6) is 0 Å². The van der Waals surface area contributed by atoms with Crippen molar-refractivity contribution in [3.63, 3.8) is 0 Å². The van der Waals surface area contributed by atoms with Crippen LogP contribution in [0.2, 0.25) is 0 Å². The Hall–Kier alpha value is -2.18. The van der Waals surface area contributed by atoms with Crippen molar-refractivity contribution in [2.45, 2.75) is 31.4 Å². The number of hydrogen-bond donors (Lipinski definition) is 1. The second-order valence-corrected chi connectivity index (χ2v) is 7.96. The molecular weight excluding hydrogens is 338 g/mol. The van der Waals surface area contributed by atoms with Crippen molar-refractivity contribution in [1.82, 2.24) is 14.9 Å². The fourth-order valence-electron chi connectivity index (χ4n) is 4.70. The summed E-state index contributed by atoms with van der Waals surface area (Å²) >= 11 is 0. The molecule has 1 atom stereocenters. The fraction of sp³-hybridized carbons (Fsp3) is 0.524. The van der Waals surface area contributed by atoms with Crippen molar-refractivity contribution in [3.8, 4) is 0 Å². The third kappa shape index (κ3) is 3.39. The number of fused-ring (bicyclic) bond motifs is 1. The zero-order valence-electron chi connectivity index (χ0n) is 15.7. The molecule has 1 N–H and O–H groups in total. The van der Waals surface area contributed by atoms with Gasteiger partial charge in [-0.25, -0.2) is 4.98 Å². The first-order chi connectivity index (χ1) is 13.3. The first-order valence-electron chi connectivity index (χ1n) is 10.1. The highest BCUT2D eigenvalue weighted by atomic mass is 16.3. The molecule has 0 spiro atoms. The van der Waals surface area contributed by atoms with E-state index >= 15 is 0 Å². The molecule has 1 aromatic carbocycles. The smallest absolute Gasteiger partial charge is 0.227 e. The van der Waals surface area contributed by atoms with Gasteiger partial charge >= 0.3 is 0 Å². The number of aromatic nitrogens is 2. The van der Waals surface area contributed by atoms with Gasteiger partial charge in [-0.2, -0.15) is 4.98 Å². The molecule has 3 heterocycles. The summed E-state index contributed by atoms with van der Waals surface area (Å²) in [5, 5.41) is 9.78. The van der Waals surface area contributed by atoms with E-state index < -0.39 is 0 Å². The molecule has 1 aliphatic carbocycles. The van der Waals surface area contributed by atoms with Gasteiger partial charge in [-0.1, -0.05) is 24.3 Å². The van der Waals surface area contributed by atoms with Crippen molar-refractivity contribution in [3.05, 3.63) is 47.7 Å². The topological polar surface area (TPSA) is 55.7 Å². The predicted molar refractivity (Wildman–Crippen MR) is 106 cm³/mol. The van der Waals surface area contributed by atoms with Gasteiger partial charge in [0.2, 0.25) is 5.95 Å². The Balaban J connectivity index is 1.21. The molecule has 0 amide bonds. The van der Waals surface area contributed by atoms with E-state index in [4.69, 9.17) is 4.98 Å². The summed E-state index contributed by atoms with van der Waals surface area (Å²) in [7, 11) is 0. The van der Waals surface area contributed by atoms with Crippen LogP contribution in [-0.2, 0) is 12.8 Å². The van der Waals surface area contributed by atoms with Gasteiger partial charge in [0.1, 0.15) is 5.82 Å². The van der Waals surface area contributed by atoms with Gasteiger partial charge in [-0.15, -0.1) is 0 Å². The standard InChI is InChI=1S/C21H27N5O/c27-19-6-8-26(15-19)20-5-7-22-21(23-20)25-11-9-24(10-12-25)18-13-16-3-1-2-4-17(16)14-18/h1-5,7,18-19,27H,6,8-15H2/t19-/m1/s1. The molecule has 142 valence electrons. The van der Waals surface area contributed by atoms with E-state index in [2.05, 4.69) is 43.9 Å².